The average molecular weight is 259 g/mol. The molecule has 2 nitrogen and oxygen atoms in total. The third kappa shape index (κ3) is 2.93. The summed E-state index contributed by atoms with van der Waals surface area (Å²) in [4.78, 5) is 0. The Balaban J connectivity index is 2.39. The summed E-state index contributed by atoms with van der Waals surface area (Å²) >= 11 is 0. The van der Waals surface area contributed by atoms with Crippen molar-refractivity contribution in [2.45, 2.75) is 13.0 Å². The van der Waals surface area contributed by atoms with Crippen LogP contribution in [-0.4, -0.2) is 14.2 Å². The number of hydrogen-bond acceptors (Lipinski definition) is 2. The minimum atomic E-state index is -0.218. The average Bonchev–Trinajstić information content (AvgIpc) is 2.43. The van der Waals surface area contributed by atoms with Gasteiger partial charge in [0.25, 0.3) is 0 Å². The van der Waals surface area contributed by atoms with Gasteiger partial charge in [0.2, 0.25) is 0 Å². The third-order valence-electron chi connectivity index (χ3n) is 3.28. The number of rotatable bonds is 4. The van der Waals surface area contributed by atoms with Gasteiger partial charge in [0, 0.05) is 0 Å². The largest absolute Gasteiger partial charge is 0.497 e. The molecular formula is C16H18FNO. The van der Waals surface area contributed by atoms with Crippen LogP contribution < -0.4 is 10.1 Å². The number of halogens is 1. The van der Waals surface area contributed by atoms with Gasteiger partial charge < -0.3 is 10.1 Å². The molecule has 0 aliphatic carbocycles. The van der Waals surface area contributed by atoms with E-state index in [2.05, 4.69) is 5.32 Å². The molecule has 3 heteroatoms. The van der Waals surface area contributed by atoms with E-state index in [4.69, 9.17) is 4.74 Å². The lowest BCUT2D eigenvalue weighted by Crippen LogP contribution is -2.18. The molecule has 2 rings (SSSR count). The number of benzene rings is 2. The highest BCUT2D eigenvalue weighted by molar-refractivity contribution is 5.41. The molecule has 1 unspecified atom stereocenters. The Labute approximate surface area is 113 Å². The topological polar surface area (TPSA) is 21.3 Å². The summed E-state index contributed by atoms with van der Waals surface area (Å²) in [5, 5.41) is 3.27. The van der Waals surface area contributed by atoms with Gasteiger partial charge in [0.1, 0.15) is 11.6 Å². The van der Waals surface area contributed by atoms with Gasteiger partial charge in [-0.25, -0.2) is 4.39 Å². The normalized spacial score (nSPS) is 12.2. The zero-order valence-electron chi connectivity index (χ0n) is 11.4. The summed E-state index contributed by atoms with van der Waals surface area (Å²) in [6.45, 7) is 2.05. The maximum atomic E-state index is 13.0. The molecule has 2 aromatic rings. The van der Waals surface area contributed by atoms with Crippen molar-refractivity contribution in [2.24, 2.45) is 0 Å². The number of ether oxygens (including phenoxy) is 1. The van der Waals surface area contributed by atoms with E-state index in [9.17, 15) is 4.39 Å². The van der Waals surface area contributed by atoms with Gasteiger partial charge >= 0.3 is 0 Å². The van der Waals surface area contributed by atoms with Crippen molar-refractivity contribution in [3.63, 3.8) is 0 Å². The molecule has 0 spiro atoms. The summed E-state index contributed by atoms with van der Waals surface area (Å²) in [5.41, 5.74) is 3.34. The first-order valence-corrected chi connectivity index (χ1v) is 6.23. The van der Waals surface area contributed by atoms with Gasteiger partial charge in [-0.3, -0.25) is 0 Å². The van der Waals surface area contributed by atoms with Crippen molar-refractivity contribution in [1.82, 2.24) is 5.32 Å². The molecule has 100 valence electrons. The molecule has 0 aromatic heterocycles. The van der Waals surface area contributed by atoms with Crippen LogP contribution in [0.2, 0.25) is 0 Å². The fourth-order valence-electron chi connectivity index (χ4n) is 2.26. The molecule has 0 fully saturated rings. The second-order valence-electron chi connectivity index (χ2n) is 4.50. The molecule has 0 aliphatic heterocycles. The Morgan fingerprint density at radius 3 is 2.32 bits per heavy atom. The Morgan fingerprint density at radius 2 is 1.79 bits per heavy atom. The molecular weight excluding hydrogens is 241 g/mol. The lowest BCUT2D eigenvalue weighted by molar-refractivity contribution is 0.414. The van der Waals surface area contributed by atoms with E-state index in [-0.39, 0.29) is 11.9 Å². The van der Waals surface area contributed by atoms with Crippen LogP contribution in [0.1, 0.15) is 22.7 Å². The van der Waals surface area contributed by atoms with E-state index in [0.717, 1.165) is 22.4 Å². The van der Waals surface area contributed by atoms with Crippen molar-refractivity contribution in [2.75, 3.05) is 14.2 Å². The summed E-state index contributed by atoms with van der Waals surface area (Å²) in [6, 6.07) is 12.6. The predicted octanol–water partition coefficient (Wildman–Crippen LogP) is 3.45. The first-order chi connectivity index (χ1) is 9.15. The van der Waals surface area contributed by atoms with Crippen molar-refractivity contribution in [3.05, 3.63) is 65.0 Å². The van der Waals surface area contributed by atoms with Crippen LogP contribution in [0.25, 0.3) is 0 Å². The maximum Gasteiger partial charge on any atom is 0.123 e. The molecule has 0 amide bonds. The van der Waals surface area contributed by atoms with Gasteiger partial charge in [-0.05, 0) is 54.9 Å². The van der Waals surface area contributed by atoms with Crippen molar-refractivity contribution in [1.29, 1.82) is 0 Å². The zero-order chi connectivity index (χ0) is 13.8. The Bertz CT molecular complexity index is 551. The molecule has 1 N–H and O–H groups in total. The third-order valence-corrected chi connectivity index (χ3v) is 3.28. The lowest BCUT2D eigenvalue weighted by Gasteiger charge is -2.20. The SMILES string of the molecule is CNC(c1ccc(F)cc1)c1ccc(OC)cc1C. The summed E-state index contributed by atoms with van der Waals surface area (Å²) < 4.78 is 18.2. The molecule has 0 bridgehead atoms. The quantitative estimate of drug-likeness (QED) is 0.908. The van der Waals surface area contributed by atoms with Gasteiger partial charge in [-0.15, -0.1) is 0 Å². The van der Waals surface area contributed by atoms with Crippen LogP contribution >= 0.6 is 0 Å². The monoisotopic (exact) mass is 259 g/mol. The molecule has 0 radical (unpaired) electrons. The van der Waals surface area contributed by atoms with E-state index in [1.807, 2.05) is 32.2 Å². The van der Waals surface area contributed by atoms with E-state index < -0.39 is 0 Å². The number of methoxy groups -OCH3 is 1. The first kappa shape index (κ1) is 13.6. The molecule has 2 aromatic carbocycles. The summed E-state index contributed by atoms with van der Waals surface area (Å²) in [6.07, 6.45) is 0. The highest BCUT2D eigenvalue weighted by atomic mass is 19.1. The number of nitrogens with one attached hydrogen (secondary N) is 1. The second-order valence-corrected chi connectivity index (χ2v) is 4.50. The molecule has 1 atom stereocenters. The van der Waals surface area contributed by atoms with E-state index in [0.29, 0.717) is 0 Å². The summed E-state index contributed by atoms with van der Waals surface area (Å²) in [7, 11) is 3.56. The standard InChI is InChI=1S/C16H18FNO/c1-11-10-14(19-3)8-9-15(11)16(18-2)12-4-6-13(17)7-5-12/h4-10,16,18H,1-3H3. The first-order valence-electron chi connectivity index (χ1n) is 6.23. The number of hydrogen-bond donors (Lipinski definition) is 1. The van der Waals surface area contributed by atoms with E-state index >= 15 is 0 Å². The lowest BCUT2D eigenvalue weighted by atomic mass is 9.95. The Kier molecular flexibility index (Phi) is 4.17. The van der Waals surface area contributed by atoms with Crippen LogP contribution in [0.5, 0.6) is 5.75 Å². The van der Waals surface area contributed by atoms with Crippen molar-refractivity contribution >= 4 is 0 Å². The van der Waals surface area contributed by atoms with Gasteiger partial charge in [0.05, 0.1) is 13.2 Å². The minimum absolute atomic E-state index is 0.0477. The highest BCUT2D eigenvalue weighted by Crippen LogP contribution is 2.27. The summed E-state index contributed by atoms with van der Waals surface area (Å²) in [5.74, 6) is 0.625. The van der Waals surface area contributed by atoms with E-state index in [1.165, 1.54) is 12.1 Å². The van der Waals surface area contributed by atoms with Gasteiger partial charge in [0.15, 0.2) is 0 Å². The predicted molar refractivity (Wildman–Crippen MR) is 75.0 cm³/mol. The van der Waals surface area contributed by atoms with Gasteiger partial charge in [-0.1, -0.05) is 18.2 Å². The number of aryl methyl sites for hydroxylation is 1. The van der Waals surface area contributed by atoms with Crippen LogP contribution in [0.4, 0.5) is 4.39 Å². The maximum absolute atomic E-state index is 13.0. The second kappa shape index (κ2) is 5.85. The van der Waals surface area contributed by atoms with Crippen LogP contribution in [0.3, 0.4) is 0 Å². The van der Waals surface area contributed by atoms with Crippen LogP contribution in [0, 0.1) is 12.7 Å². The van der Waals surface area contributed by atoms with Crippen molar-refractivity contribution < 1.29 is 9.13 Å². The molecule has 0 saturated carbocycles. The Morgan fingerprint density at radius 1 is 1.11 bits per heavy atom. The highest BCUT2D eigenvalue weighted by Gasteiger charge is 2.14. The van der Waals surface area contributed by atoms with E-state index in [1.54, 1.807) is 19.2 Å². The fraction of sp³-hybridized carbons (Fsp3) is 0.250. The van der Waals surface area contributed by atoms with Crippen LogP contribution in [-0.2, 0) is 0 Å². The molecule has 0 heterocycles. The zero-order valence-corrected chi connectivity index (χ0v) is 11.4. The molecule has 19 heavy (non-hydrogen) atoms. The fourth-order valence-corrected chi connectivity index (χ4v) is 2.26. The molecule has 0 aliphatic rings. The smallest absolute Gasteiger partial charge is 0.123 e. The minimum Gasteiger partial charge on any atom is -0.497 e. The van der Waals surface area contributed by atoms with Crippen LogP contribution in [0.15, 0.2) is 42.5 Å². The Hall–Kier alpha value is -1.87. The van der Waals surface area contributed by atoms with Crippen molar-refractivity contribution in [3.8, 4) is 5.75 Å². The van der Waals surface area contributed by atoms with Gasteiger partial charge in [-0.2, -0.15) is 0 Å². The molecule has 0 saturated heterocycles.